The van der Waals surface area contributed by atoms with Crippen LogP contribution in [0.25, 0.3) is 10.9 Å². The molecule has 0 aliphatic carbocycles. The molecule has 0 saturated carbocycles. The van der Waals surface area contributed by atoms with Crippen molar-refractivity contribution in [2.75, 3.05) is 20.3 Å². The maximum atomic E-state index is 12.5. The predicted molar refractivity (Wildman–Crippen MR) is 87.9 cm³/mol. The molecule has 0 bridgehead atoms. The van der Waals surface area contributed by atoms with E-state index >= 15 is 0 Å². The molecule has 1 aromatic carbocycles. The Bertz CT molecular complexity index is 795. The molecule has 118 valence electrons. The van der Waals surface area contributed by atoms with Crippen molar-refractivity contribution in [2.45, 2.75) is 19.9 Å². The number of nitrogens with one attached hydrogen (secondary N) is 2. The summed E-state index contributed by atoms with van der Waals surface area (Å²) >= 11 is 5.24. The van der Waals surface area contributed by atoms with Gasteiger partial charge < -0.3 is 15.0 Å². The third kappa shape index (κ3) is 3.42. The van der Waals surface area contributed by atoms with Crippen molar-refractivity contribution in [3.63, 3.8) is 0 Å². The Hall–Kier alpha value is -1.99. The summed E-state index contributed by atoms with van der Waals surface area (Å²) in [4.78, 5) is 27.4. The number of hydrogen-bond donors (Lipinski definition) is 2. The highest BCUT2D eigenvalue weighted by Gasteiger charge is 2.09. The topological polar surface area (TPSA) is 76.1 Å². The number of carbonyl (C=O) groups excluding carboxylic acids is 1. The zero-order valence-corrected chi connectivity index (χ0v) is 13.5. The molecule has 1 heterocycles. The summed E-state index contributed by atoms with van der Waals surface area (Å²) in [5, 5.41) is 3.24. The lowest BCUT2D eigenvalue weighted by atomic mass is 10.1. The van der Waals surface area contributed by atoms with Crippen molar-refractivity contribution in [1.82, 2.24) is 14.9 Å². The van der Waals surface area contributed by atoms with Gasteiger partial charge in [-0.1, -0.05) is 0 Å². The minimum absolute atomic E-state index is 0.155. The summed E-state index contributed by atoms with van der Waals surface area (Å²) in [5.74, 6) is -0.173. The third-order valence-electron chi connectivity index (χ3n) is 3.31. The van der Waals surface area contributed by atoms with Gasteiger partial charge in [0.25, 0.3) is 11.5 Å². The van der Waals surface area contributed by atoms with Gasteiger partial charge >= 0.3 is 0 Å². The molecule has 0 aliphatic heterocycles. The van der Waals surface area contributed by atoms with E-state index in [1.54, 1.807) is 25.3 Å². The molecule has 0 unspecified atom stereocenters. The molecule has 2 aromatic rings. The minimum Gasteiger partial charge on any atom is -0.385 e. The van der Waals surface area contributed by atoms with Crippen molar-refractivity contribution in [1.29, 1.82) is 0 Å². The molecular weight excluding hydrogens is 302 g/mol. The number of nitrogens with zero attached hydrogens (tertiary/aromatic N) is 1. The number of carbonyl (C=O) groups is 1. The van der Waals surface area contributed by atoms with Crippen LogP contribution in [0.15, 0.2) is 23.0 Å². The van der Waals surface area contributed by atoms with E-state index in [9.17, 15) is 9.59 Å². The fourth-order valence-electron chi connectivity index (χ4n) is 2.23. The molecule has 2 N–H and O–H groups in total. The monoisotopic (exact) mass is 321 g/mol. The number of fused-ring (bicyclic) bond motifs is 1. The van der Waals surface area contributed by atoms with E-state index in [1.165, 1.54) is 4.57 Å². The lowest BCUT2D eigenvalue weighted by molar-refractivity contribution is 0.0956. The molecule has 1 amide bonds. The van der Waals surface area contributed by atoms with Crippen LogP contribution < -0.4 is 10.9 Å². The Morgan fingerprint density at radius 1 is 1.45 bits per heavy atom. The Morgan fingerprint density at radius 2 is 2.23 bits per heavy atom. The number of amides is 1. The Kier molecular flexibility index (Phi) is 5.46. The lowest BCUT2D eigenvalue weighted by Gasteiger charge is -2.09. The summed E-state index contributed by atoms with van der Waals surface area (Å²) in [7, 11) is 1.62. The van der Waals surface area contributed by atoms with Gasteiger partial charge in [0.1, 0.15) is 0 Å². The van der Waals surface area contributed by atoms with E-state index < -0.39 is 0 Å². The number of benzene rings is 1. The molecular formula is C15H19N3O3S. The Balaban J connectivity index is 2.45. The van der Waals surface area contributed by atoms with Crippen LogP contribution in [0.2, 0.25) is 0 Å². The van der Waals surface area contributed by atoms with Gasteiger partial charge in [-0.15, -0.1) is 0 Å². The molecule has 1 aromatic heterocycles. The van der Waals surface area contributed by atoms with Crippen molar-refractivity contribution in [2.24, 2.45) is 0 Å². The Labute approximate surface area is 133 Å². The molecule has 2 rings (SSSR count). The van der Waals surface area contributed by atoms with E-state index in [2.05, 4.69) is 10.3 Å². The summed E-state index contributed by atoms with van der Waals surface area (Å²) in [6.07, 6.45) is 0.705. The van der Waals surface area contributed by atoms with E-state index in [0.717, 1.165) is 0 Å². The molecule has 0 radical (unpaired) electrons. The number of methoxy groups -OCH3 is 1. The second-order valence-electron chi connectivity index (χ2n) is 4.85. The molecule has 0 spiro atoms. The first-order valence-electron chi connectivity index (χ1n) is 7.12. The maximum Gasteiger partial charge on any atom is 0.262 e. The average molecular weight is 321 g/mol. The maximum absolute atomic E-state index is 12.5. The molecule has 0 saturated heterocycles. The average Bonchev–Trinajstić information content (AvgIpc) is 2.50. The van der Waals surface area contributed by atoms with E-state index in [4.69, 9.17) is 17.0 Å². The number of hydrogen-bond acceptors (Lipinski definition) is 4. The third-order valence-corrected chi connectivity index (χ3v) is 3.63. The van der Waals surface area contributed by atoms with Crippen LogP contribution >= 0.6 is 12.2 Å². The zero-order chi connectivity index (χ0) is 16.1. The van der Waals surface area contributed by atoms with Gasteiger partial charge in [-0.3, -0.25) is 14.2 Å². The molecule has 22 heavy (non-hydrogen) atoms. The normalized spacial score (nSPS) is 10.8. The van der Waals surface area contributed by atoms with Crippen LogP contribution in [0.3, 0.4) is 0 Å². The van der Waals surface area contributed by atoms with Crippen molar-refractivity contribution in [3.05, 3.63) is 38.9 Å². The Morgan fingerprint density at radius 3 is 2.91 bits per heavy atom. The zero-order valence-electron chi connectivity index (χ0n) is 12.6. The predicted octanol–water partition coefficient (Wildman–Crippen LogP) is 1.85. The van der Waals surface area contributed by atoms with Crippen LogP contribution in [-0.4, -0.2) is 35.7 Å². The fourth-order valence-corrected chi connectivity index (χ4v) is 2.51. The molecule has 6 nitrogen and oxygen atoms in total. The molecule has 7 heteroatoms. The first-order valence-corrected chi connectivity index (χ1v) is 7.53. The highest BCUT2D eigenvalue weighted by atomic mass is 32.1. The van der Waals surface area contributed by atoms with Crippen LogP contribution in [0.5, 0.6) is 0 Å². The van der Waals surface area contributed by atoms with Gasteiger partial charge in [-0.25, -0.2) is 0 Å². The molecule has 0 atom stereocenters. The van der Waals surface area contributed by atoms with Crippen molar-refractivity contribution >= 4 is 29.0 Å². The van der Waals surface area contributed by atoms with Crippen LogP contribution in [0.4, 0.5) is 0 Å². The summed E-state index contributed by atoms with van der Waals surface area (Å²) in [5.41, 5.74) is 0.913. The van der Waals surface area contributed by atoms with Gasteiger partial charge in [-0.2, -0.15) is 0 Å². The van der Waals surface area contributed by atoms with Gasteiger partial charge in [0.05, 0.1) is 10.9 Å². The lowest BCUT2D eigenvalue weighted by Crippen LogP contribution is -2.24. The number of ether oxygens (including phenoxy) is 1. The summed E-state index contributed by atoms with van der Waals surface area (Å²) < 4.78 is 6.86. The van der Waals surface area contributed by atoms with Crippen molar-refractivity contribution in [3.8, 4) is 0 Å². The second-order valence-corrected chi connectivity index (χ2v) is 5.24. The van der Waals surface area contributed by atoms with E-state index in [0.29, 0.717) is 47.4 Å². The van der Waals surface area contributed by atoms with Gasteiger partial charge in [0, 0.05) is 32.4 Å². The van der Waals surface area contributed by atoms with Crippen LogP contribution in [0.1, 0.15) is 23.7 Å². The highest BCUT2D eigenvalue weighted by molar-refractivity contribution is 7.71. The molecule has 0 fully saturated rings. The van der Waals surface area contributed by atoms with Crippen molar-refractivity contribution < 1.29 is 9.53 Å². The van der Waals surface area contributed by atoms with E-state index in [1.807, 2.05) is 6.92 Å². The first-order chi connectivity index (χ1) is 10.6. The largest absolute Gasteiger partial charge is 0.385 e. The number of H-pyrrole nitrogens is 1. The second kappa shape index (κ2) is 7.33. The number of aromatic nitrogens is 2. The smallest absolute Gasteiger partial charge is 0.262 e. The SMILES string of the molecule is CCNC(=O)c1ccc2c(=O)n(CCCOC)c(=S)[nH]c2c1. The van der Waals surface area contributed by atoms with Gasteiger partial charge in [-0.05, 0) is 43.8 Å². The minimum atomic E-state index is -0.173. The first kappa shape index (κ1) is 16.4. The van der Waals surface area contributed by atoms with Crippen LogP contribution in [0, 0.1) is 4.77 Å². The summed E-state index contributed by atoms with van der Waals surface area (Å²) in [6, 6.07) is 4.95. The standard InChI is InChI=1S/C15H19N3O3S/c1-3-16-13(19)10-5-6-11-12(9-10)17-15(22)18(14(11)20)7-4-8-21-2/h5-6,9H,3-4,7-8H2,1-2H3,(H,16,19)(H,17,22). The van der Waals surface area contributed by atoms with Gasteiger partial charge in [0.2, 0.25) is 0 Å². The van der Waals surface area contributed by atoms with E-state index in [-0.39, 0.29) is 11.5 Å². The fraction of sp³-hybridized carbons (Fsp3) is 0.400. The molecule has 0 aliphatic rings. The number of rotatable bonds is 6. The van der Waals surface area contributed by atoms with Crippen LogP contribution in [-0.2, 0) is 11.3 Å². The highest BCUT2D eigenvalue weighted by Crippen LogP contribution is 2.11. The quantitative estimate of drug-likeness (QED) is 0.629. The van der Waals surface area contributed by atoms with Gasteiger partial charge in [0.15, 0.2) is 4.77 Å². The number of aromatic amines is 1. The summed E-state index contributed by atoms with van der Waals surface area (Å²) in [6.45, 7) is 3.46.